The van der Waals surface area contributed by atoms with Gasteiger partial charge in [0.1, 0.15) is 5.75 Å². The van der Waals surface area contributed by atoms with Crippen LogP contribution in [0, 0.1) is 0 Å². The zero-order chi connectivity index (χ0) is 31.6. The van der Waals surface area contributed by atoms with Crippen molar-refractivity contribution in [3.63, 3.8) is 0 Å². The molecule has 0 fully saturated rings. The highest BCUT2D eigenvalue weighted by molar-refractivity contribution is 5.82. The molecule has 0 aliphatic heterocycles. The van der Waals surface area contributed by atoms with Crippen molar-refractivity contribution in [2.75, 3.05) is 13.2 Å². The van der Waals surface area contributed by atoms with E-state index in [4.69, 9.17) is 4.74 Å². The van der Waals surface area contributed by atoms with Crippen LogP contribution in [-0.4, -0.2) is 36.2 Å². The summed E-state index contributed by atoms with van der Waals surface area (Å²) in [5.41, 5.74) is 8.62. The third-order valence-corrected chi connectivity index (χ3v) is 9.03. The second-order valence-corrected chi connectivity index (χ2v) is 13.4. The van der Waals surface area contributed by atoms with Gasteiger partial charge < -0.3 is 9.64 Å². The highest BCUT2D eigenvalue weighted by atomic mass is 19.4. The van der Waals surface area contributed by atoms with Crippen LogP contribution in [0.25, 0.3) is 22.3 Å². The predicted octanol–water partition coefficient (Wildman–Crippen LogP) is 9.89. The molecule has 1 amide bonds. The third kappa shape index (κ3) is 7.27. The monoisotopic (exact) mass is 593 g/mol. The Balaban J connectivity index is 1.63. The van der Waals surface area contributed by atoms with E-state index in [2.05, 4.69) is 89.2 Å². The van der Waals surface area contributed by atoms with E-state index < -0.39 is 18.1 Å². The van der Waals surface area contributed by atoms with Crippen molar-refractivity contribution in [3.8, 4) is 28.0 Å². The van der Waals surface area contributed by atoms with E-state index in [0.717, 1.165) is 46.6 Å². The molecule has 3 aromatic carbocycles. The summed E-state index contributed by atoms with van der Waals surface area (Å²) in [6.07, 6.45) is -0.734. The highest BCUT2D eigenvalue weighted by Gasteiger charge is 2.43. The van der Waals surface area contributed by atoms with E-state index in [9.17, 15) is 18.0 Å². The number of alkyl halides is 3. The van der Waals surface area contributed by atoms with Crippen molar-refractivity contribution in [3.05, 3.63) is 77.4 Å². The summed E-state index contributed by atoms with van der Waals surface area (Å²) < 4.78 is 45.5. The molecule has 0 heterocycles. The van der Waals surface area contributed by atoms with Crippen LogP contribution in [0.4, 0.5) is 13.2 Å². The average molecular weight is 594 g/mol. The lowest BCUT2D eigenvalue weighted by molar-refractivity contribution is -0.187. The van der Waals surface area contributed by atoms with Gasteiger partial charge in [0.25, 0.3) is 0 Å². The maximum Gasteiger partial charge on any atom is 0.471 e. The van der Waals surface area contributed by atoms with Crippen molar-refractivity contribution >= 4 is 5.91 Å². The van der Waals surface area contributed by atoms with Gasteiger partial charge in [-0.2, -0.15) is 13.2 Å². The number of amides is 1. The summed E-state index contributed by atoms with van der Waals surface area (Å²) >= 11 is 0. The summed E-state index contributed by atoms with van der Waals surface area (Å²) in [6.45, 7) is 15.0. The topological polar surface area (TPSA) is 29.5 Å². The third-order valence-electron chi connectivity index (χ3n) is 9.03. The first-order chi connectivity index (χ1) is 20.2. The van der Waals surface area contributed by atoms with Crippen LogP contribution in [0.2, 0.25) is 0 Å². The summed E-state index contributed by atoms with van der Waals surface area (Å²) in [5, 5.41) is 0. The molecule has 1 aliphatic carbocycles. The van der Waals surface area contributed by atoms with E-state index in [0.29, 0.717) is 19.4 Å². The van der Waals surface area contributed by atoms with Crippen molar-refractivity contribution in [1.82, 2.24) is 4.90 Å². The number of hydrogen-bond acceptors (Lipinski definition) is 2. The van der Waals surface area contributed by atoms with Crippen LogP contribution >= 0.6 is 0 Å². The van der Waals surface area contributed by atoms with E-state index in [-0.39, 0.29) is 17.4 Å². The molecular formula is C37H46F3NO2. The average Bonchev–Trinajstić information content (AvgIpc) is 2.96. The van der Waals surface area contributed by atoms with Crippen molar-refractivity contribution in [2.45, 2.75) is 104 Å². The molecule has 0 saturated heterocycles. The number of benzene rings is 3. The predicted molar refractivity (Wildman–Crippen MR) is 170 cm³/mol. The Bertz CT molecular complexity index is 1440. The van der Waals surface area contributed by atoms with Gasteiger partial charge in [-0.15, -0.1) is 0 Å². The number of carbonyl (C=O) groups excluding carboxylic acids is 1. The molecule has 0 N–H and O–H groups in total. The molecule has 0 aromatic heterocycles. The van der Waals surface area contributed by atoms with Gasteiger partial charge in [-0.05, 0) is 102 Å². The lowest BCUT2D eigenvalue weighted by Crippen LogP contribution is -2.45. The van der Waals surface area contributed by atoms with Crippen molar-refractivity contribution < 1.29 is 22.7 Å². The lowest BCUT2D eigenvalue weighted by Gasteiger charge is -2.42. The van der Waals surface area contributed by atoms with Gasteiger partial charge in [-0.3, -0.25) is 4.79 Å². The quantitative estimate of drug-likeness (QED) is 0.219. The Morgan fingerprint density at radius 3 is 2.14 bits per heavy atom. The molecule has 43 heavy (non-hydrogen) atoms. The summed E-state index contributed by atoms with van der Waals surface area (Å²) in [6, 6.07) is 21.0. The van der Waals surface area contributed by atoms with Crippen molar-refractivity contribution in [1.29, 1.82) is 0 Å². The molecule has 0 spiro atoms. The molecule has 0 unspecified atom stereocenters. The normalized spacial score (nSPS) is 15.7. The second kappa shape index (κ2) is 12.8. The first kappa shape index (κ1) is 32.6. The van der Waals surface area contributed by atoms with Crippen LogP contribution in [0.3, 0.4) is 0 Å². The van der Waals surface area contributed by atoms with Gasteiger partial charge in [0.05, 0.1) is 6.61 Å². The number of unbranched alkanes of at least 4 members (excludes halogenated alkanes) is 1. The summed E-state index contributed by atoms with van der Waals surface area (Å²) in [5.74, 6) is -1.04. The molecule has 3 nitrogen and oxygen atoms in total. The lowest BCUT2D eigenvalue weighted by atomic mass is 9.63. The summed E-state index contributed by atoms with van der Waals surface area (Å²) in [4.78, 5) is 12.7. The van der Waals surface area contributed by atoms with Gasteiger partial charge >= 0.3 is 12.1 Å². The maximum atomic E-state index is 13.0. The first-order valence-corrected chi connectivity index (χ1v) is 15.5. The number of nitrogens with zero attached hydrogens (tertiary/aromatic N) is 1. The zero-order valence-corrected chi connectivity index (χ0v) is 26.7. The van der Waals surface area contributed by atoms with Crippen LogP contribution in [-0.2, 0) is 22.0 Å². The number of rotatable bonds is 10. The largest absolute Gasteiger partial charge is 0.493 e. The zero-order valence-electron chi connectivity index (χ0n) is 26.7. The summed E-state index contributed by atoms with van der Waals surface area (Å²) in [7, 11) is 0. The van der Waals surface area contributed by atoms with Crippen LogP contribution < -0.4 is 4.74 Å². The molecule has 1 aliphatic rings. The van der Waals surface area contributed by atoms with Gasteiger partial charge in [0, 0.05) is 18.2 Å². The number of fused-ring (bicyclic) bond motifs is 1. The molecule has 0 saturated carbocycles. The Labute approximate surface area is 255 Å². The Hall–Kier alpha value is -3.28. The SMILES string of the molecule is CCc1ccccc1-c1ccc(OCCCCN(C(=O)C(F)(F)F)C(C)C)c(-c2ccc3c(c2)C(C)(C)CCC3(C)C)c1. The Morgan fingerprint density at radius 1 is 0.860 bits per heavy atom. The molecule has 3 aromatic rings. The van der Waals surface area contributed by atoms with Gasteiger partial charge in [-0.1, -0.05) is 83.1 Å². The van der Waals surface area contributed by atoms with E-state index in [1.807, 2.05) is 6.07 Å². The Kier molecular flexibility index (Phi) is 9.68. The van der Waals surface area contributed by atoms with Gasteiger partial charge in [0.2, 0.25) is 0 Å². The first-order valence-electron chi connectivity index (χ1n) is 15.5. The number of carbonyl (C=O) groups is 1. The molecule has 0 radical (unpaired) electrons. The number of halogens is 3. The van der Waals surface area contributed by atoms with E-state index in [1.54, 1.807) is 13.8 Å². The minimum Gasteiger partial charge on any atom is -0.493 e. The minimum absolute atomic E-state index is 0.0364. The van der Waals surface area contributed by atoms with Crippen molar-refractivity contribution in [2.24, 2.45) is 0 Å². The van der Waals surface area contributed by atoms with Crippen LogP contribution in [0.15, 0.2) is 60.7 Å². The van der Waals surface area contributed by atoms with Gasteiger partial charge in [-0.25, -0.2) is 0 Å². The maximum absolute atomic E-state index is 13.0. The second-order valence-electron chi connectivity index (χ2n) is 13.4. The van der Waals surface area contributed by atoms with Gasteiger partial charge in [0.15, 0.2) is 0 Å². The molecule has 0 atom stereocenters. The fourth-order valence-corrected chi connectivity index (χ4v) is 6.24. The Morgan fingerprint density at radius 2 is 1.49 bits per heavy atom. The minimum atomic E-state index is -4.87. The van der Waals surface area contributed by atoms with E-state index >= 15 is 0 Å². The highest BCUT2D eigenvalue weighted by Crippen LogP contribution is 2.47. The van der Waals surface area contributed by atoms with Crippen LogP contribution in [0.1, 0.15) is 90.8 Å². The van der Waals surface area contributed by atoms with E-state index in [1.165, 1.54) is 22.3 Å². The molecular weight excluding hydrogens is 547 g/mol. The number of hydrogen-bond donors (Lipinski definition) is 0. The number of ether oxygens (including phenoxy) is 1. The fourth-order valence-electron chi connectivity index (χ4n) is 6.24. The fraction of sp³-hybridized carbons (Fsp3) is 0.486. The standard InChI is InChI=1S/C37H46F3NO2/c1-8-26-13-9-10-14-29(26)27-16-18-33(43-22-12-11-21-41(25(2)3)34(42)37(38,39)40)30(23-27)28-15-17-31-32(24-28)36(6,7)20-19-35(31,4)5/h9-10,13-18,23-25H,8,11-12,19-22H2,1-7H3. The number of aryl methyl sites for hydroxylation is 1. The molecule has 4 rings (SSSR count). The van der Waals surface area contributed by atoms with Crippen LogP contribution in [0.5, 0.6) is 5.75 Å². The molecule has 232 valence electrons. The molecule has 6 heteroatoms. The molecule has 0 bridgehead atoms. The smallest absolute Gasteiger partial charge is 0.471 e.